The van der Waals surface area contributed by atoms with Crippen molar-refractivity contribution < 1.29 is 0 Å². The minimum absolute atomic E-state index is 0.974. The molecule has 0 atom stereocenters. The highest BCUT2D eigenvalue weighted by Gasteiger charge is 2.30. The highest BCUT2D eigenvalue weighted by Crippen LogP contribution is 2.43. The Labute approximate surface area is 114 Å². The molecule has 0 unspecified atom stereocenters. The molecule has 0 amide bonds. The zero-order chi connectivity index (χ0) is 12.8. The fraction of sp³-hybridized carbons (Fsp3) is 0.778. The molecule has 2 radical (unpaired) electrons. The largest absolute Gasteiger partial charge is 0.0882 e. The van der Waals surface area contributed by atoms with Crippen molar-refractivity contribution in [3.63, 3.8) is 0 Å². The van der Waals surface area contributed by atoms with Crippen molar-refractivity contribution in [3.05, 3.63) is 24.0 Å². The highest BCUT2D eigenvalue weighted by atomic mass is 14.3. The van der Waals surface area contributed by atoms with E-state index in [1.807, 2.05) is 5.92 Å². The summed E-state index contributed by atoms with van der Waals surface area (Å²) < 4.78 is 0. The number of rotatable bonds is 4. The molecule has 0 aromatic carbocycles. The summed E-state index contributed by atoms with van der Waals surface area (Å²) in [6, 6.07) is 0. The maximum Gasteiger partial charge on any atom is -0.00271 e. The van der Waals surface area contributed by atoms with Gasteiger partial charge in [0, 0.05) is 0 Å². The Morgan fingerprint density at radius 2 is 1.61 bits per heavy atom. The van der Waals surface area contributed by atoms with Gasteiger partial charge in [0.25, 0.3) is 0 Å². The Kier molecular flexibility index (Phi) is 5.79. The standard InChI is InChI=1S/C18H30/c1-3-5-6-16-9-13-18(14-10-16)17-11-7-15(4-2)8-12-17/h5-6,15,18H,3-4,7-14H2,1-2H3/b6-5+. The lowest BCUT2D eigenvalue weighted by atomic mass is 9.69. The molecule has 18 heavy (non-hydrogen) atoms. The van der Waals surface area contributed by atoms with Crippen LogP contribution in [0.4, 0.5) is 0 Å². The fourth-order valence-corrected chi connectivity index (χ4v) is 3.71. The van der Waals surface area contributed by atoms with Crippen LogP contribution in [0.3, 0.4) is 0 Å². The topological polar surface area (TPSA) is 0 Å². The average Bonchev–Trinajstić information content (AvgIpc) is 2.46. The Morgan fingerprint density at radius 3 is 2.17 bits per heavy atom. The molecule has 0 bridgehead atoms. The number of allylic oxidation sites excluding steroid dienone is 2. The molecule has 102 valence electrons. The van der Waals surface area contributed by atoms with E-state index in [1.54, 1.807) is 5.92 Å². The molecule has 0 saturated heterocycles. The summed E-state index contributed by atoms with van der Waals surface area (Å²) in [5.74, 6) is 5.64. The molecule has 2 saturated carbocycles. The summed E-state index contributed by atoms with van der Waals surface area (Å²) in [4.78, 5) is 0. The van der Waals surface area contributed by atoms with Crippen LogP contribution in [-0.2, 0) is 0 Å². The van der Waals surface area contributed by atoms with Gasteiger partial charge in [-0.25, -0.2) is 0 Å². The summed E-state index contributed by atoms with van der Waals surface area (Å²) in [6.45, 7) is 4.59. The SMILES string of the molecule is CC/C=C/[C]1CCC([C]2CCC(CC)CC2)CC1. The van der Waals surface area contributed by atoms with Crippen molar-refractivity contribution in [2.45, 2.75) is 78.1 Å². The van der Waals surface area contributed by atoms with E-state index in [1.165, 1.54) is 64.2 Å². The van der Waals surface area contributed by atoms with Gasteiger partial charge in [0.2, 0.25) is 0 Å². The van der Waals surface area contributed by atoms with Crippen LogP contribution < -0.4 is 0 Å². The van der Waals surface area contributed by atoms with Crippen molar-refractivity contribution in [3.8, 4) is 0 Å². The zero-order valence-corrected chi connectivity index (χ0v) is 12.4. The normalized spacial score (nSPS) is 26.1. The van der Waals surface area contributed by atoms with Crippen LogP contribution in [0.25, 0.3) is 0 Å². The summed E-state index contributed by atoms with van der Waals surface area (Å²) in [5, 5.41) is 0. The van der Waals surface area contributed by atoms with Crippen molar-refractivity contribution in [2.24, 2.45) is 11.8 Å². The van der Waals surface area contributed by atoms with Crippen molar-refractivity contribution in [1.82, 2.24) is 0 Å². The van der Waals surface area contributed by atoms with Crippen molar-refractivity contribution in [1.29, 1.82) is 0 Å². The van der Waals surface area contributed by atoms with Gasteiger partial charge in [-0.3, -0.25) is 0 Å². The first-order chi connectivity index (χ1) is 8.83. The third-order valence-corrected chi connectivity index (χ3v) is 5.12. The minimum atomic E-state index is 0.974. The van der Waals surface area contributed by atoms with Crippen LogP contribution >= 0.6 is 0 Å². The summed E-state index contributed by atoms with van der Waals surface area (Å²) >= 11 is 0. The Bertz CT molecular complexity index is 237. The van der Waals surface area contributed by atoms with Gasteiger partial charge in [0.05, 0.1) is 0 Å². The summed E-state index contributed by atoms with van der Waals surface area (Å²) in [7, 11) is 0. The maximum absolute atomic E-state index is 2.40. The second-order valence-corrected chi connectivity index (χ2v) is 6.25. The van der Waals surface area contributed by atoms with E-state index < -0.39 is 0 Å². The first-order valence-electron chi connectivity index (χ1n) is 8.19. The fourth-order valence-electron chi connectivity index (χ4n) is 3.71. The highest BCUT2D eigenvalue weighted by molar-refractivity contribution is 5.14. The van der Waals surface area contributed by atoms with Gasteiger partial charge >= 0.3 is 0 Å². The Balaban J connectivity index is 1.71. The maximum atomic E-state index is 2.40. The number of hydrogen-bond donors (Lipinski definition) is 0. The lowest BCUT2D eigenvalue weighted by molar-refractivity contribution is 0.293. The van der Waals surface area contributed by atoms with Crippen LogP contribution in [0.1, 0.15) is 78.1 Å². The van der Waals surface area contributed by atoms with E-state index in [9.17, 15) is 0 Å². The Hall–Kier alpha value is -0.260. The average molecular weight is 246 g/mol. The predicted octanol–water partition coefficient (Wildman–Crippen LogP) is 5.89. The van der Waals surface area contributed by atoms with E-state index in [0.717, 1.165) is 11.8 Å². The van der Waals surface area contributed by atoms with Gasteiger partial charge < -0.3 is 0 Å². The minimum Gasteiger partial charge on any atom is -0.0882 e. The van der Waals surface area contributed by atoms with Crippen molar-refractivity contribution in [2.75, 3.05) is 0 Å². The molecular weight excluding hydrogens is 216 g/mol. The molecule has 2 rings (SSSR count). The first-order valence-corrected chi connectivity index (χ1v) is 8.19. The lowest BCUT2D eigenvalue weighted by Crippen LogP contribution is -2.23. The molecule has 0 aromatic heterocycles. The van der Waals surface area contributed by atoms with Gasteiger partial charge in [-0.15, -0.1) is 0 Å². The second kappa shape index (κ2) is 7.36. The zero-order valence-electron chi connectivity index (χ0n) is 12.4. The molecule has 2 aliphatic carbocycles. The van der Waals surface area contributed by atoms with E-state index in [-0.39, 0.29) is 0 Å². The van der Waals surface area contributed by atoms with E-state index in [2.05, 4.69) is 26.0 Å². The lowest BCUT2D eigenvalue weighted by Gasteiger charge is -2.36. The quantitative estimate of drug-likeness (QED) is 0.580. The van der Waals surface area contributed by atoms with E-state index >= 15 is 0 Å². The van der Waals surface area contributed by atoms with Gasteiger partial charge in [-0.05, 0) is 81.5 Å². The van der Waals surface area contributed by atoms with Crippen molar-refractivity contribution >= 4 is 0 Å². The predicted molar refractivity (Wildman–Crippen MR) is 80.1 cm³/mol. The summed E-state index contributed by atoms with van der Waals surface area (Å²) in [5.41, 5.74) is 0. The van der Waals surface area contributed by atoms with E-state index in [0.29, 0.717) is 0 Å². The van der Waals surface area contributed by atoms with Gasteiger partial charge in [0.1, 0.15) is 0 Å². The van der Waals surface area contributed by atoms with Crippen LogP contribution in [0.15, 0.2) is 12.2 Å². The van der Waals surface area contributed by atoms with Gasteiger partial charge in [-0.1, -0.05) is 32.4 Å². The van der Waals surface area contributed by atoms with Crippen LogP contribution in [0.5, 0.6) is 0 Å². The van der Waals surface area contributed by atoms with Crippen LogP contribution in [0.2, 0.25) is 0 Å². The number of hydrogen-bond acceptors (Lipinski definition) is 0. The molecule has 0 heterocycles. The van der Waals surface area contributed by atoms with E-state index in [4.69, 9.17) is 0 Å². The third kappa shape index (κ3) is 3.87. The van der Waals surface area contributed by atoms with Crippen LogP contribution in [0, 0.1) is 23.7 Å². The molecule has 0 nitrogen and oxygen atoms in total. The first kappa shape index (κ1) is 14.2. The molecule has 0 aromatic rings. The monoisotopic (exact) mass is 246 g/mol. The van der Waals surface area contributed by atoms with Crippen LogP contribution in [-0.4, -0.2) is 0 Å². The summed E-state index contributed by atoms with van der Waals surface area (Å²) in [6.07, 6.45) is 18.8. The Morgan fingerprint density at radius 1 is 0.944 bits per heavy atom. The molecule has 0 aliphatic heterocycles. The molecule has 0 N–H and O–H groups in total. The molecule has 0 heteroatoms. The second-order valence-electron chi connectivity index (χ2n) is 6.25. The van der Waals surface area contributed by atoms with Gasteiger partial charge in [-0.2, -0.15) is 0 Å². The molecular formula is C18H30. The van der Waals surface area contributed by atoms with Gasteiger partial charge in [0.15, 0.2) is 0 Å². The smallest absolute Gasteiger partial charge is 0.00271 e. The molecule has 0 spiro atoms. The molecule has 2 fully saturated rings. The molecule has 2 aliphatic rings. The third-order valence-electron chi connectivity index (χ3n) is 5.12.